The molecule has 5 nitrogen and oxygen atoms in total. The van der Waals surface area contributed by atoms with Crippen LogP contribution in [0, 0.1) is 0 Å². The lowest BCUT2D eigenvalue weighted by Crippen LogP contribution is -2.34. The molecular formula is C9H20N2O3. The normalized spacial score (nSPS) is 10.2. The van der Waals surface area contributed by atoms with Gasteiger partial charge in [0.15, 0.2) is 0 Å². The lowest BCUT2D eigenvalue weighted by molar-refractivity contribution is -0.127. The van der Waals surface area contributed by atoms with Crippen molar-refractivity contribution < 1.29 is 14.3 Å². The van der Waals surface area contributed by atoms with Crippen LogP contribution in [-0.2, 0) is 14.3 Å². The second kappa shape index (κ2) is 8.93. The molecule has 1 N–H and O–H groups in total. The molecule has 1 amide bonds. The lowest BCUT2D eigenvalue weighted by atomic mass is 10.5. The molecule has 0 aromatic carbocycles. The van der Waals surface area contributed by atoms with Gasteiger partial charge in [-0.25, -0.2) is 0 Å². The van der Waals surface area contributed by atoms with Crippen molar-refractivity contribution >= 4 is 5.91 Å². The molecule has 0 aliphatic carbocycles. The highest BCUT2D eigenvalue weighted by Gasteiger charge is 2.01. The Morgan fingerprint density at radius 3 is 2.57 bits per heavy atom. The Balaban J connectivity index is 3.10. The van der Waals surface area contributed by atoms with Crippen LogP contribution in [0.1, 0.15) is 0 Å². The van der Waals surface area contributed by atoms with Crippen LogP contribution in [0.5, 0.6) is 0 Å². The van der Waals surface area contributed by atoms with Crippen molar-refractivity contribution in [2.45, 2.75) is 0 Å². The Labute approximate surface area is 85.4 Å². The largest absolute Gasteiger partial charge is 0.382 e. The van der Waals surface area contributed by atoms with Crippen LogP contribution in [0.25, 0.3) is 0 Å². The van der Waals surface area contributed by atoms with Crippen LogP contribution in [0.15, 0.2) is 0 Å². The van der Waals surface area contributed by atoms with Crippen molar-refractivity contribution in [1.82, 2.24) is 10.2 Å². The van der Waals surface area contributed by atoms with E-state index in [1.165, 1.54) is 0 Å². The van der Waals surface area contributed by atoms with E-state index in [0.717, 1.165) is 0 Å². The van der Waals surface area contributed by atoms with Gasteiger partial charge >= 0.3 is 0 Å². The van der Waals surface area contributed by atoms with E-state index in [9.17, 15) is 4.79 Å². The molecular weight excluding hydrogens is 184 g/mol. The van der Waals surface area contributed by atoms with Crippen LogP contribution >= 0.6 is 0 Å². The third kappa shape index (κ3) is 7.97. The highest BCUT2D eigenvalue weighted by atomic mass is 16.5. The maximum absolute atomic E-state index is 11.1. The summed E-state index contributed by atoms with van der Waals surface area (Å²) in [6.45, 7) is 2.85. The van der Waals surface area contributed by atoms with Gasteiger partial charge in [-0.15, -0.1) is 0 Å². The van der Waals surface area contributed by atoms with E-state index in [4.69, 9.17) is 9.47 Å². The minimum atomic E-state index is 0.0712. The van der Waals surface area contributed by atoms with Crippen LogP contribution in [-0.4, -0.2) is 64.9 Å². The Morgan fingerprint density at radius 1 is 1.29 bits per heavy atom. The Kier molecular flexibility index (Phi) is 8.51. The van der Waals surface area contributed by atoms with Gasteiger partial charge in [-0.05, 0) is 0 Å². The van der Waals surface area contributed by atoms with Crippen molar-refractivity contribution in [3.05, 3.63) is 0 Å². The summed E-state index contributed by atoms with van der Waals surface area (Å²) >= 11 is 0. The number of methoxy groups -OCH3 is 1. The van der Waals surface area contributed by atoms with Crippen molar-refractivity contribution in [2.75, 3.05) is 54.1 Å². The zero-order chi connectivity index (χ0) is 10.8. The zero-order valence-electron chi connectivity index (χ0n) is 9.21. The molecule has 5 heteroatoms. The summed E-state index contributed by atoms with van der Waals surface area (Å²) in [6.07, 6.45) is 0. The third-order valence-corrected chi connectivity index (χ3v) is 1.63. The van der Waals surface area contributed by atoms with Gasteiger partial charge in [-0.2, -0.15) is 0 Å². The summed E-state index contributed by atoms with van der Waals surface area (Å²) < 4.78 is 10.0. The number of amides is 1. The molecule has 0 radical (unpaired) electrons. The summed E-state index contributed by atoms with van der Waals surface area (Å²) in [6, 6.07) is 0. The van der Waals surface area contributed by atoms with E-state index < -0.39 is 0 Å². The molecule has 0 heterocycles. The topological polar surface area (TPSA) is 50.8 Å². The van der Waals surface area contributed by atoms with Crippen LogP contribution < -0.4 is 5.32 Å². The Bertz CT molecular complexity index is 151. The molecule has 0 aromatic heterocycles. The van der Waals surface area contributed by atoms with Crippen LogP contribution in [0.3, 0.4) is 0 Å². The number of rotatable bonds is 8. The monoisotopic (exact) mass is 204 g/mol. The molecule has 84 valence electrons. The Morgan fingerprint density at radius 2 is 2.00 bits per heavy atom. The molecule has 0 aliphatic rings. The van der Waals surface area contributed by atoms with Crippen molar-refractivity contribution in [2.24, 2.45) is 0 Å². The molecule has 0 saturated heterocycles. The smallest absolute Gasteiger partial charge is 0.236 e. The fraction of sp³-hybridized carbons (Fsp3) is 0.889. The standard InChI is InChI=1S/C9H20N2O3/c1-11(2)9(12)8-10-4-5-14-7-6-13-3/h10H,4-8H2,1-3H3. The van der Waals surface area contributed by atoms with Crippen molar-refractivity contribution in [3.63, 3.8) is 0 Å². The van der Waals surface area contributed by atoms with Gasteiger partial charge in [0.2, 0.25) is 5.91 Å². The maximum atomic E-state index is 11.1. The lowest BCUT2D eigenvalue weighted by Gasteiger charge is -2.10. The van der Waals surface area contributed by atoms with Gasteiger partial charge < -0.3 is 19.7 Å². The fourth-order valence-corrected chi connectivity index (χ4v) is 0.742. The summed E-state index contributed by atoms with van der Waals surface area (Å²) in [5.74, 6) is 0.0712. The zero-order valence-corrected chi connectivity index (χ0v) is 9.21. The first-order chi connectivity index (χ1) is 6.68. The molecule has 0 rings (SSSR count). The predicted octanol–water partition coefficient (Wildman–Crippen LogP) is -0.673. The van der Waals surface area contributed by atoms with E-state index in [0.29, 0.717) is 32.9 Å². The van der Waals surface area contributed by atoms with Gasteiger partial charge in [-0.3, -0.25) is 4.79 Å². The SMILES string of the molecule is COCCOCCNCC(=O)N(C)C. The van der Waals surface area contributed by atoms with E-state index in [1.54, 1.807) is 26.1 Å². The van der Waals surface area contributed by atoms with E-state index in [-0.39, 0.29) is 5.91 Å². The van der Waals surface area contributed by atoms with Crippen molar-refractivity contribution in [1.29, 1.82) is 0 Å². The Hall–Kier alpha value is -0.650. The average Bonchev–Trinajstić information content (AvgIpc) is 2.16. The maximum Gasteiger partial charge on any atom is 0.236 e. The molecule has 0 atom stereocenters. The van der Waals surface area contributed by atoms with Gasteiger partial charge in [0, 0.05) is 27.7 Å². The minimum Gasteiger partial charge on any atom is -0.382 e. The number of hydrogen-bond acceptors (Lipinski definition) is 4. The number of likely N-dealkylation sites (N-methyl/N-ethyl adjacent to an activating group) is 1. The molecule has 14 heavy (non-hydrogen) atoms. The second-order valence-electron chi connectivity index (χ2n) is 3.07. The third-order valence-electron chi connectivity index (χ3n) is 1.63. The van der Waals surface area contributed by atoms with Crippen molar-refractivity contribution in [3.8, 4) is 0 Å². The second-order valence-corrected chi connectivity index (χ2v) is 3.07. The summed E-state index contributed by atoms with van der Waals surface area (Å²) in [5.41, 5.74) is 0. The first kappa shape index (κ1) is 13.4. The summed E-state index contributed by atoms with van der Waals surface area (Å²) in [5, 5.41) is 2.99. The molecule has 0 fully saturated rings. The van der Waals surface area contributed by atoms with E-state index in [2.05, 4.69) is 5.32 Å². The molecule has 0 saturated carbocycles. The van der Waals surface area contributed by atoms with Crippen LogP contribution in [0.2, 0.25) is 0 Å². The summed E-state index contributed by atoms with van der Waals surface area (Å²) in [4.78, 5) is 12.6. The van der Waals surface area contributed by atoms with Crippen LogP contribution in [0.4, 0.5) is 0 Å². The number of carbonyl (C=O) groups is 1. The highest BCUT2D eigenvalue weighted by Crippen LogP contribution is 1.77. The predicted molar refractivity (Wildman–Crippen MR) is 54.3 cm³/mol. The number of nitrogens with zero attached hydrogens (tertiary/aromatic N) is 1. The number of hydrogen-bond donors (Lipinski definition) is 1. The van der Waals surface area contributed by atoms with E-state index in [1.807, 2.05) is 0 Å². The molecule has 0 unspecified atom stereocenters. The molecule has 0 aliphatic heterocycles. The molecule has 0 aromatic rings. The van der Waals surface area contributed by atoms with Gasteiger partial charge in [0.25, 0.3) is 0 Å². The van der Waals surface area contributed by atoms with Gasteiger partial charge in [0.05, 0.1) is 26.4 Å². The van der Waals surface area contributed by atoms with Gasteiger partial charge in [0.1, 0.15) is 0 Å². The fourth-order valence-electron chi connectivity index (χ4n) is 0.742. The molecule has 0 bridgehead atoms. The minimum absolute atomic E-state index is 0.0712. The average molecular weight is 204 g/mol. The van der Waals surface area contributed by atoms with Gasteiger partial charge in [-0.1, -0.05) is 0 Å². The van der Waals surface area contributed by atoms with E-state index >= 15 is 0 Å². The molecule has 0 spiro atoms. The first-order valence-electron chi connectivity index (χ1n) is 4.66. The quantitative estimate of drug-likeness (QED) is 0.533. The summed E-state index contributed by atoms with van der Waals surface area (Å²) in [7, 11) is 5.11. The highest BCUT2D eigenvalue weighted by molar-refractivity contribution is 5.77. The number of carbonyl (C=O) groups excluding carboxylic acids is 1. The number of ether oxygens (including phenoxy) is 2. The number of nitrogens with one attached hydrogen (secondary N) is 1. The first-order valence-corrected chi connectivity index (χ1v) is 4.66.